The van der Waals surface area contributed by atoms with Gasteiger partial charge in [-0.3, -0.25) is 9.52 Å². The van der Waals surface area contributed by atoms with Gasteiger partial charge in [0.2, 0.25) is 0 Å². The Kier molecular flexibility index (Phi) is 6.97. The Morgan fingerprint density at radius 1 is 1.03 bits per heavy atom. The Hall–Kier alpha value is -4.03. The van der Waals surface area contributed by atoms with Crippen molar-refractivity contribution in [1.29, 1.82) is 5.26 Å². The zero-order valence-corrected chi connectivity index (χ0v) is 18.3. The second-order valence-corrected chi connectivity index (χ2v) is 8.38. The summed E-state index contributed by atoms with van der Waals surface area (Å²) in [6.07, 6.45) is 0. The molecule has 0 aromatic heterocycles. The van der Waals surface area contributed by atoms with E-state index in [9.17, 15) is 13.2 Å². The monoisotopic (exact) mass is 451 g/mol. The number of nitriles is 1. The highest BCUT2D eigenvalue weighted by atomic mass is 32.2. The molecule has 1 amide bonds. The van der Waals surface area contributed by atoms with Crippen LogP contribution < -0.4 is 19.5 Å². The van der Waals surface area contributed by atoms with Crippen LogP contribution in [0.3, 0.4) is 0 Å². The van der Waals surface area contributed by atoms with Crippen molar-refractivity contribution in [2.45, 2.75) is 11.8 Å². The summed E-state index contributed by atoms with van der Waals surface area (Å²) < 4.78 is 39.1. The quantitative estimate of drug-likeness (QED) is 0.539. The number of hydrogen-bond donors (Lipinski definition) is 2. The van der Waals surface area contributed by atoms with Crippen molar-refractivity contribution < 1.29 is 22.7 Å². The normalized spacial score (nSPS) is 10.7. The van der Waals surface area contributed by atoms with Crippen LogP contribution in [0, 0.1) is 18.3 Å². The average Bonchev–Trinajstić information content (AvgIpc) is 2.79. The van der Waals surface area contributed by atoms with Gasteiger partial charge in [-0.05, 0) is 48.9 Å². The largest absolute Gasteiger partial charge is 0.495 e. The molecule has 2 N–H and O–H groups in total. The van der Waals surface area contributed by atoms with Crippen LogP contribution in [-0.2, 0) is 14.8 Å². The zero-order valence-electron chi connectivity index (χ0n) is 17.5. The van der Waals surface area contributed by atoms with Gasteiger partial charge in [0.25, 0.3) is 15.9 Å². The Labute approximate surface area is 186 Å². The minimum atomic E-state index is -3.95. The summed E-state index contributed by atoms with van der Waals surface area (Å²) in [5.74, 6) is 0.175. The molecule has 0 aliphatic rings. The molecule has 3 aromatic rings. The fraction of sp³-hybridized carbons (Fsp3) is 0.130. The second-order valence-electron chi connectivity index (χ2n) is 6.73. The summed E-state index contributed by atoms with van der Waals surface area (Å²) in [5.41, 5.74) is 1.41. The molecule has 0 radical (unpaired) electrons. The van der Waals surface area contributed by atoms with Gasteiger partial charge in [-0.2, -0.15) is 5.26 Å². The molecule has 0 fully saturated rings. The van der Waals surface area contributed by atoms with Gasteiger partial charge in [-0.25, -0.2) is 8.42 Å². The van der Waals surface area contributed by atoms with Gasteiger partial charge in [0.05, 0.1) is 23.3 Å². The highest BCUT2D eigenvalue weighted by Crippen LogP contribution is 2.28. The lowest BCUT2D eigenvalue weighted by Crippen LogP contribution is -2.21. The maximum Gasteiger partial charge on any atom is 0.262 e. The predicted molar refractivity (Wildman–Crippen MR) is 120 cm³/mol. The maximum atomic E-state index is 13.0. The van der Waals surface area contributed by atoms with Gasteiger partial charge in [-0.15, -0.1) is 0 Å². The maximum absolute atomic E-state index is 13.0. The third-order valence-corrected chi connectivity index (χ3v) is 5.99. The summed E-state index contributed by atoms with van der Waals surface area (Å²) in [6, 6.07) is 19.8. The van der Waals surface area contributed by atoms with Gasteiger partial charge in [-0.1, -0.05) is 30.3 Å². The number of methoxy groups -OCH3 is 1. The molecular formula is C23H21N3O5S. The van der Waals surface area contributed by atoms with Crippen LogP contribution in [0.5, 0.6) is 11.5 Å². The van der Waals surface area contributed by atoms with E-state index in [-0.39, 0.29) is 17.2 Å². The van der Waals surface area contributed by atoms with Crippen molar-refractivity contribution in [3.8, 4) is 17.6 Å². The fourth-order valence-corrected chi connectivity index (χ4v) is 4.26. The fourth-order valence-electron chi connectivity index (χ4n) is 2.92. The molecule has 0 saturated carbocycles. The Morgan fingerprint density at radius 2 is 1.72 bits per heavy atom. The average molecular weight is 452 g/mol. The van der Waals surface area contributed by atoms with Crippen LogP contribution in [0.25, 0.3) is 0 Å². The first-order valence-electron chi connectivity index (χ1n) is 9.52. The van der Waals surface area contributed by atoms with Crippen molar-refractivity contribution in [2.75, 3.05) is 23.8 Å². The third kappa shape index (κ3) is 5.36. The highest BCUT2D eigenvalue weighted by molar-refractivity contribution is 7.92. The van der Waals surface area contributed by atoms with Gasteiger partial charge in [0.1, 0.15) is 17.6 Å². The number of carbonyl (C=O) groups excluding carboxylic acids is 1. The Balaban J connectivity index is 1.75. The Bertz CT molecular complexity index is 1280. The van der Waals surface area contributed by atoms with Crippen molar-refractivity contribution in [2.24, 2.45) is 0 Å². The number of rotatable bonds is 8. The summed E-state index contributed by atoms with van der Waals surface area (Å²) in [4.78, 5) is 12.3. The van der Waals surface area contributed by atoms with Crippen molar-refractivity contribution in [3.05, 3.63) is 77.9 Å². The SMILES string of the molecule is COc1ccccc1NS(=O)(=O)c1cc(NC(=O)COc2ccccc2C#N)ccc1C. The number of carbonyl (C=O) groups is 1. The minimum Gasteiger partial charge on any atom is -0.495 e. The number of benzene rings is 3. The number of anilines is 2. The molecule has 8 nitrogen and oxygen atoms in total. The standard InChI is InChI=1S/C23H21N3O5S/c1-16-11-12-18(25-23(27)15-31-20-9-5-3-7-17(20)14-24)13-22(16)32(28,29)26-19-8-4-6-10-21(19)30-2/h3-13,26H,15H2,1-2H3,(H,25,27). The number of para-hydroxylation sites is 3. The third-order valence-electron chi connectivity index (χ3n) is 4.48. The number of aryl methyl sites for hydroxylation is 1. The van der Waals surface area contributed by atoms with E-state index >= 15 is 0 Å². The van der Waals surface area contributed by atoms with E-state index in [2.05, 4.69) is 10.0 Å². The van der Waals surface area contributed by atoms with Gasteiger partial charge >= 0.3 is 0 Å². The van der Waals surface area contributed by atoms with Gasteiger partial charge < -0.3 is 14.8 Å². The van der Waals surface area contributed by atoms with Crippen molar-refractivity contribution in [1.82, 2.24) is 0 Å². The smallest absolute Gasteiger partial charge is 0.262 e. The van der Waals surface area contributed by atoms with E-state index in [1.807, 2.05) is 6.07 Å². The number of nitrogens with one attached hydrogen (secondary N) is 2. The zero-order chi connectivity index (χ0) is 23.1. The van der Waals surface area contributed by atoms with E-state index in [4.69, 9.17) is 14.7 Å². The topological polar surface area (TPSA) is 118 Å². The number of hydrogen-bond acceptors (Lipinski definition) is 6. The molecule has 3 aromatic carbocycles. The molecule has 0 atom stereocenters. The van der Waals surface area contributed by atoms with Gasteiger partial charge in [0, 0.05) is 5.69 Å². The van der Waals surface area contributed by atoms with Crippen LogP contribution in [0.15, 0.2) is 71.6 Å². The summed E-state index contributed by atoms with van der Waals surface area (Å²) in [6.45, 7) is 1.32. The molecule has 0 bridgehead atoms. The van der Waals surface area contributed by atoms with E-state index in [1.165, 1.54) is 13.2 Å². The van der Waals surface area contributed by atoms with Crippen LogP contribution >= 0.6 is 0 Å². The first-order valence-corrected chi connectivity index (χ1v) is 11.0. The number of ether oxygens (including phenoxy) is 2. The predicted octanol–water partition coefficient (Wildman–Crippen LogP) is 3.69. The number of amides is 1. The van der Waals surface area contributed by atoms with E-state index < -0.39 is 15.9 Å². The van der Waals surface area contributed by atoms with Crippen molar-refractivity contribution >= 4 is 27.3 Å². The highest BCUT2D eigenvalue weighted by Gasteiger charge is 2.20. The molecule has 0 heterocycles. The molecule has 0 saturated heterocycles. The first kappa shape index (κ1) is 22.7. The van der Waals surface area contributed by atoms with Crippen molar-refractivity contribution in [3.63, 3.8) is 0 Å². The van der Waals surface area contributed by atoms with Crippen LogP contribution in [-0.4, -0.2) is 28.0 Å². The summed E-state index contributed by atoms with van der Waals surface area (Å²) in [5, 5.41) is 11.7. The first-order chi connectivity index (χ1) is 15.3. The summed E-state index contributed by atoms with van der Waals surface area (Å²) in [7, 11) is -2.50. The summed E-state index contributed by atoms with van der Waals surface area (Å²) >= 11 is 0. The number of nitrogens with zero attached hydrogens (tertiary/aromatic N) is 1. The second kappa shape index (κ2) is 9.85. The molecule has 9 heteroatoms. The lowest BCUT2D eigenvalue weighted by molar-refractivity contribution is -0.118. The van der Waals surface area contributed by atoms with Crippen LogP contribution in [0.2, 0.25) is 0 Å². The molecule has 0 spiro atoms. The van der Waals surface area contributed by atoms with E-state index in [0.717, 1.165) is 0 Å². The molecule has 0 unspecified atom stereocenters. The molecule has 0 aliphatic carbocycles. The molecule has 32 heavy (non-hydrogen) atoms. The van der Waals surface area contributed by atoms with Gasteiger partial charge in [0.15, 0.2) is 6.61 Å². The minimum absolute atomic E-state index is 0.0111. The number of sulfonamides is 1. The Morgan fingerprint density at radius 3 is 2.44 bits per heavy atom. The van der Waals surface area contributed by atoms with Crippen LogP contribution in [0.1, 0.15) is 11.1 Å². The molecule has 0 aliphatic heterocycles. The molecular weight excluding hydrogens is 430 g/mol. The van der Waals surface area contributed by atoms with Crippen LogP contribution in [0.4, 0.5) is 11.4 Å². The lowest BCUT2D eigenvalue weighted by atomic mass is 10.2. The lowest BCUT2D eigenvalue weighted by Gasteiger charge is -2.14. The van der Waals surface area contributed by atoms with E-state index in [1.54, 1.807) is 67.6 Å². The van der Waals surface area contributed by atoms with E-state index in [0.29, 0.717) is 28.3 Å². The molecule has 3 rings (SSSR count). The molecule has 164 valence electrons.